The predicted molar refractivity (Wildman–Crippen MR) is 240 cm³/mol. The first-order valence-corrected chi connectivity index (χ1v) is 24.5. The zero-order valence-corrected chi connectivity index (χ0v) is 37.1. The molecular weight excluding hydrogens is 846 g/mol. The summed E-state index contributed by atoms with van der Waals surface area (Å²) < 4.78 is 43.4. The molecule has 4 saturated heterocycles. The van der Waals surface area contributed by atoms with Crippen LogP contribution in [0.2, 0.25) is 0 Å². The van der Waals surface area contributed by atoms with Crippen LogP contribution in [0.1, 0.15) is 82.1 Å². The van der Waals surface area contributed by atoms with E-state index in [0.29, 0.717) is 99.7 Å². The Bertz CT molecular complexity index is 2390. The molecule has 8 rings (SSSR count). The second-order valence-corrected chi connectivity index (χ2v) is 19.9. The van der Waals surface area contributed by atoms with Crippen LogP contribution < -0.4 is 20.3 Å². The molecule has 1 atom stereocenters. The summed E-state index contributed by atoms with van der Waals surface area (Å²) in [5, 5.41) is 6.41. The van der Waals surface area contributed by atoms with Crippen molar-refractivity contribution in [3.05, 3.63) is 71.9 Å². The summed E-state index contributed by atoms with van der Waals surface area (Å²) in [7, 11) is -3.72. The van der Waals surface area contributed by atoms with Gasteiger partial charge in [-0.1, -0.05) is 13.0 Å². The van der Waals surface area contributed by atoms with Gasteiger partial charge in [-0.25, -0.2) is 27.8 Å². The van der Waals surface area contributed by atoms with E-state index in [2.05, 4.69) is 30.2 Å². The van der Waals surface area contributed by atoms with Crippen molar-refractivity contribution < 1.29 is 32.0 Å². The molecule has 4 aliphatic rings. The first-order chi connectivity index (χ1) is 30.4. The minimum atomic E-state index is -3.72. The molecule has 4 aliphatic heterocycles. The monoisotopic (exact) mass is 899 g/mol. The maximum absolute atomic E-state index is 16.0. The molecule has 4 fully saturated rings. The minimum Gasteiger partial charge on any atom is -0.374 e. The Hall–Kier alpha value is -5.49. The Morgan fingerprint density at radius 2 is 1.63 bits per heavy atom. The summed E-state index contributed by atoms with van der Waals surface area (Å²) in [6, 6.07) is 13.9. The summed E-state index contributed by atoms with van der Waals surface area (Å²) in [6.07, 6.45) is 9.29. The molecule has 3 N–H and O–H groups in total. The van der Waals surface area contributed by atoms with E-state index in [9.17, 15) is 27.6 Å². The average Bonchev–Trinajstić information content (AvgIpc) is 3.74. The van der Waals surface area contributed by atoms with E-state index in [1.165, 1.54) is 23.7 Å². The first kappa shape index (κ1) is 44.1. The molecule has 2 aromatic heterocycles. The number of sulfonamides is 1. The molecule has 2 aromatic carbocycles. The third-order valence-electron chi connectivity index (χ3n) is 12.7. The molecule has 0 spiro atoms. The second kappa shape index (κ2) is 19.5. The number of nitrogens with zero attached hydrogens (tertiary/aromatic N) is 6. The van der Waals surface area contributed by atoms with Crippen LogP contribution in [0.15, 0.2) is 61.1 Å². The van der Waals surface area contributed by atoms with Crippen LogP contribution >= 0.6 is 11.3 Å². The number of thiazole rings is 1. The van der Waals surface area contributed by atoms with Crippen LogP contribution in [0.5, 0.6) is 0 Å². The lowest BCUT2D eigenvalue weighted by Gasteiger charge is -2.38. The number of amides is 4. The molecule has 0 bridgehead atoms. The molecule has 15 nitrogen and oxygen atoms in total. The van der Waals surface area contributed by atoms with Crippen molar-refractivity contribution in [2.24, 2.45) is 11.8 Å². The number of carbonyl (C=O) groups is 4. The Morgan fingerprint density at radius 1 is 0.905 bits per heavy atom. The maximum atomic E-state index is 16.0. The zero-order valence-electron chi connectivity index (χ0n) is 35.4. The highest BCUT2D eigenvalue weighted by atomic mass is 32.2. The average molecular weight is 900 g/mol. The van der Waals surface area contributed by atoms with E-state index in [1.807, 2.05) is 34.1 Å². The number of aromatic nitrogens is 3. The number of carbonyl (C=O) groups excluding carboxylic acids is 4. The molecule has 18 heteroatoms. The van der Waals surface area contributed by atoms with Crippen molar-refractivity contribution in [2.75, 3.05) is 60.0 Å². The molecule has 63 heavy (non-hydrogen) atoms. The molecule has 4 amide bonds. The fourth-order valence-corrected chi connectivity index (χ4v) is 11.5. The topological polar surface area (TPSA) is 187 Å². The molecule has 4 aromatic rings. The van der Waals surface area contributed by atoms with Crippen LogP contribution in [0, 0.1) is 17.7 Å². The number of rotatable bonds is 13. The van der Waals surface area contributed by atoms with Gasteiger partial charge in [-0.3, -0.25) is 29.2 Å². The lowest BCUT2D eigenvalue weighted by Crippen LogP contribution is -2.47. The van der Waals surface area contributed by atoms with Gasteiger partial charge in [0.25, 0.3) is 0 Å². The van der Waals surface area contributed by atoms with E-state index in [0.717, 1.165) is 42.3 Å². The highest BCUT2D eigenvalue weighted by Crippen LogP contribution is 2.43. The molecule has 0 saturated carbocycles. The summed E-state index contributed by atoms with van der Waals surface area (Å²) >= 11 is 1.44. The van der Waals surface area contributed by atoms with E-state index in [-0.39, 0.29) is 52.5 Å². The standard InChI is InChI=1S/C45H54FN9O6S2/c1-2-26-63(60,61)52-35-5-3-4-34(40(35)46)41-42(36-12-19-47-28-48-36)62-44(51-41)30-15-24-55(25-16-30)45(59)31-17-22-54(23-18-31)39(57)27-29-13-20-53(21-14-29)33-8-6-32(7-9-33)49-37-10-11-38(56)50-43(37)58/h3-9,12,19,28-31,37,49,52H,2,10-11,13-18,20-27H2,1H3,(H,50,56,58)/t37-/m0/s1. The van der Waals surface area contributed by atoms with Crippen molar-refractivity contribution in [3.63, 3.8) is 0 Å². The third kappa shape index (κ3) is 10.5. The van der Waals surface area contributed by atoms with Crippen LogP contribution in [-0.2, 0) is 29.2 Å². The summed E-state index contributed by atoms with van der Waals surface area (Å²) in [6.45, 7) is 5.77. The van der Waals surface area contributed by atoms with Crippen LogP contribution in [0.3, 0.4) is 0 Å². The normalized spacial score (nSPS) is 19.5. The minimum absolute atomic E-state index is 0.0451. The first-order valence-electron chi connectivity index (χ1n) is 22.0. The zero-order chi connectivity index (χ0) is 44.1. The van der Waals surface area contributed by atoms with Crippen LogP contribution in [0.4, 0.5) is 21.5 Å². The molecule has 0 aliphatic carbocycles. The molecule has 0 radical (unpaired) electrons. The Balaban J connectivity index is 0.804. The van der Waals surface area contributed by atoms with Crippen molar-refractivity contribution in [1.29, 1.82) is 0 Å². The third-order valence-corrected chi connectivity index (χ3v) is 15.4. The lowest BCUT2D eigenvalue weighted by atomic mass is 9.90. The molecule has 0 unspecified atom stereocenters. The van der Waals surface area contributed by atoms with E-state index >= 15 is 4.39 Å². The number of anilines is 3. The van der Waals surface area contributed by atoms with Crippen molar-refractivity contribution >= 4 is 62.1 Å². The largest absolute Gasteiger partial charge is 0.374 e. The van der Waals surface area contributed by atoms with Gasteiger partial charge in [0.2, 0.25) is 33.7 Å². The summed E-state index contributed by atoms with van der Waals surface area (Å²) in [5.41, 5.74) is 2.95. The van der Waals surface area contributed by atoms with E-state index in [4.69, 9.17) is 4.98 Å². The lowest BCUT2D eigenvalue weighted by molar-refractivity contribution is -0.142. The quantitative estimate of drug-likeness (QED) is 0.133. The van der Waals surface area contributed by atoms with Gasteiger partial charge in [0.15, 0.2) is 5.82 Å². The van der Waals surface area contributed by atoms with E-state index < -0.39 is 21.9 Å². The van der Waals surface area contributed by atoms with Gasteiger partial charge in [0.1, 0.15) is 12.4 Å². The Kier molecular flexibility index (Phi) is 13.7. The smallest absolute Gasteiger partial charge is 0.249 e. The number of piperidine rings is 4. The highest BCUT2D eigenvalue weighted by molar-refractivity contribution is 7.92. The maximum Gasteiger partial charge on any atom is 0.249 e. The van der Waals surface area contributed by atoms with Crippen molar-refractivity contribution in [1.82, 2.24) is 30.1 Å². The van der Waals surface area contributed by atoms with Gasteiger partial charge in [-0.2, -0.15) is 0 Å². The number of hydrogen-bond donors (Lipinski definition) is 3. The summed E-state index contributed by atoms with van der Waals surface area (Å²) in [4.78, 5) is 71.1. The van der Waals surface area contributed by atoms with Crippen LogP contribution in [-0.4, -0.2) is 108 Å². The van der Waals surface area contributed by atoms with Crippen molar-refractivity contribution in [3.8, 4) is 21.8 Å². The van der Waals surface area contributed by atoms with E-state index in [1.54, 1.807) is 31.3 Å². The van der Waals surface area contributed by atoms with Gasteiger partial charge in [-0.15, -0.1) is 11.3 Å². The number of halogens is 1. The number of benzene rings is 2. The second-order valence-electron chi connectivity index (χ2n) is 17.0. The number of nitrogens with one attached hydrogen (secondary N) is 3. The number of imide groups is 1. The SMILES string of the molecule is CCCS(=O)(=O)Nc1cccc(-c2nc(C3CCN(C(=O)C4CCN(C(=O)CC5CCN(c6ccc(N[C@H]7CCC(=O)NC7=O)cc6)CC5)CC4)CC3)sc2-c2ccncn2)c1F. The van der Waals surface area contributed by atoms with Gasteiger partial charge in [0, 0.05) is 87.1 Å². The fraction of sp³-hybridized carbons (Fsp3) is 0.489. The predicted octanol–water partition coefficient (Wildman–Crippen LogP) is 6.03. The number of hydrogen-bond acceptors (Lipinski definition) is 12. The van der Waals surface area contributed by atoms with Gasteiger partial charge in [0.05, 0.1) is 32.7 Å². The molecule has 6 heterocycles. The summed E-state index contributed by atoms with van der Waals surface area (Å²) in [5.74, 6) is -0.827. The van der Waals surface area contributed by atoms with Gasteiger partial charge >= 0.3 is 0 Å². The van der Waals surface area contributed by atoms with Crippen LogP contribution in [0.25, 0.3) is 21.8 Å². The highest BCUT2D eigenvalue weighted by Gasteiger charge is 2.35. The van der Waals surface area contributed by atoms with Crippen molar-refractivity contribution in [2.45, 2.75) is 83.1 Å². The molecular formula is C45H54FN9O6S2. The Morgan fingerprint density at radius 3 is 2.32 bits per heavy atom. The van der Waals surface area contributed by atoms with Gasteiger partial charge in [-0.05, 0) is 99.7 Å². The number of likely N-dealkylation sites (tertiary alicyclic amines) is 2. The molecule has 334 valence electrons. The Labute approximate surface area is 371 Å². The fourth-order valence-electron chi connectivity index (χ4n) is 9.13. The van der Waals surface area contributed by atoms with Gasteiger partial charge < -0.3 is 20.0 Å².